The molecule has 0 radical (unpaired) electrons. The highest BCUT2D eigenvalue weighted by Gasteiger charge is 2.15. The smallest absolute Gasteiger partial charge is 0.159 e. The van der Waals surface area contributed by atoms with Gasteiger partial charge in [-0.3, -0.25) is 0 Å². The summed E-state index contributed by atoms with van der Waals surface area (Å²) in [6.45, 7) is 2.80. The highest BCUT2D eigenvalue weighted by atomic mass is 16.5. The van der Waals surface area contributed by atoms with Gasteiger partial charge in [0, 0.05) is 18.0 Å². The van der Waals surface area contributed by atoms with Gasteiger partial charge >= 0.3 is 0 Å². The number of rotatable bonds is 4. The van der Waals surface area contributed by atoms with E-state index >= 15 is 0 Å². The van der Waals surface area contributed by atoms with Crippen molar-refractivity contribution in [2.75, 3.05) is 19.7 Å². The molecule has 1 atom stereocenters. The first kappa shape index (κ1) is 12.9. The standard InChI is InChI=1S/C15H17N3O2/c19-13-3-1-12(2-4-13)15-17-8-14(9-18-15)20-10-11-5-6-16-7-11/h1-4,8-9,11,16,19H,5-7,10H2. The fourth-order valence-corrected chi connectivity index (χ4v) is 2.22. The molecule has 5 nitrogen and oxygen atoms in total. The molecule has 3 rings (SSSR count). The molecule has 0 spiro atoms. The number of nitrogens with one attached hydrogen (secondary N) is 1. The number of phenolic OH excluding ortho intramolecular Hbond substituents is 1. The predicted octanol–water partition coefficient (Wildman–Crippen LogP) is 1.84. The highest BCUT2D eigenvalue weighted by molar-refractivity contribution is 5.55. The molecule has 1 saturated heterocycles. The van der Waals surface area contributed by atoms with Gasteiger partial charge in [-0.05, 0) is 37.2 Å². The Balaban J connectivity index is 1.63. The number of nitrogens with zero attached hydrogens (tertiary/aromatic N) is 2. The molecule has 5 heteroatoms. The minimum Gasteiger partial charge on any atom is -0.508 e. The predicted molar refractivity (Wildman–Crippen MR) is 75.6 cm³/mol. The van der Waals surface area contributed by atoms with Crippen molar-refractivity contribution in [3.05, 3.63) is 36.7 Å². The number of aromatic hydroxyl groups is 1. The van der Waals surface area contributed by atoms with E-state index in [0.29, 0.717) is 24.1 Å². The summed E-state index contributed by atoms with van der Waals surface area (Å²) in [4.78, 5) is 8.58. The van der Waals surface area contributed by atoms with Crippen LogP contribution in [0.25, 0.3) is 11.4 Å². The lowest BCUT2D eigenvalue weighted by Gasteiger charge is -2.10. The van der Waals surface area contributed by atoms with Crippen molar-refractivity contribution in [2.24, 2.45) is 5.92 Å². The SMILES string of the molecule is Oc1ccc(-c2ncc(OCC3CCNC3)cn2)cc1. The van der Waals surface area contributed by atoms with Crippen LogP contribution in [-0.2, 0) is 0 Å². The van der Waals surface area contributed by atoms with Gasteiger partial charge in [-0.25, -0.2) is 9.97 Å². The van der Waals surface area contributed by atoms with E-state index in [4.69, 9.17) is 4.74 Å². The Bertz CT molecular complexity index is 548. The van der Waals surface area contributed by atoms with Crippen LogP contribution < -0.4 is 10.1 Å². The van der Waals surface area contributed by atoms with Gasteiger partial charge in [0.05, 0.1) is 19.0 Å². The summed E-state index contributed by atoms with van der Waals surface area (Å²) in [6, 6.07) is 6.82. The first-order valence-electron chi connectivity index (χ1n) is 6.76. The number of benzene rings is 1. The molecule has 2 aromatic rings. The highest BCUT2D eigenvalue weighted by Crippen LogP contribution is 2.19. The second kappa shape index (κ2) is 5.88. The molecule has 1 unspecified atom stereocenters. The summed E-state index contributed by atoms with van der Waals surface area (Å²) in [5.41, 5.74) is 0.870. The van der Waals surface area contributed by atoms with Crippen LogP contribution >= 0.6 is 0 Å². The van der Waals surface area contributed by atoms with Crippen LogP contribution in [-0.4, -0.2) is 34.8 Å². The average molecular weight is 271 g/mol. The Morgan fingerprint density at radius 2 is 1.95 bits per heavy atom. The van der Waals surface area contributed by atoms with Gasteiger partial charge in [0.1, 0.15) is 5.75 Å². The molecular formula is C15H17N3O2. The topological polar surface area (TPSA) is 67.3 Å². The number of hydrogen-bond acceptors (Lipinski definition) is 5. The molecule has 0 aliphatic carbocycles. The van der Waals surface area contributed by atoms with Gasteiger partial charge in [-0.15, -0.1) is 0 Å². The van der Waals surface area contributed by atoms with Gasteiger partial charge < -0.3 is 15.2 Å². The van der Waals surface area contributed by atoms with Crippen molar-refractivity contribution in [3.8, 4) is 22.9 Å². The maximum Gasteiger partial charge on any atom is 0.159 e. The zero-order valence-corrected chi connectivity index (χ0v) is 11.1. The summed E-state index contributed by atoms with van der Waals surface area (Å²) in [6.07, 6.45) is 4.54. The van der Waals surface area contributed by atoms with Gasteiger partial charge in [-0.2, -0.15) is 0 Å². The molecule has 20 heavy (non-hydrogen) atoms. The minimum absolute atomic E-state index is 0.235. The fourth-order valence-electron chi connectivity index (χ4n) is 2.22. The lowest BCUT2D eigenvalue weighted by Crippen LogP contribution is -2.15. The van der Waals surface area contributed by atoms with E-state index < -0.39 is 0 Å². The Morgan fingerprint density at radius 1 is 1.20 bits per heavy atom. The molecule has 1 aliphatic heterocycles. The maximum absolute atomic E-state index is 9.26. The summed E-state index contributed by atoms with van der Waals surface area (Å²) in [7, 11) is 0. The lowest BCUT2D eigenvalue weighted by atomic mass is 10.1. The quantitative estimate of drug-likeness (QED) is 0.888. The summed E-state index contributed by atoms with van der Waals surface area (Å²) < 4.78 is 5.69. The Kier molecular flexibility index (Phi) is 3.78. The van der Waals surface area contributed by atoms with Crippen molar-refractivity contribution in [1.29, 1.82) is 0 Å². The summed E-state index contributed by atoms with van der Waals surface area (Å²) in [5.74, 6) is 2.13. The molecule has 2 heterocycles. The van der Waals surface area contributed by atoms with Gasteiger partial charge in [-0.1, -0.05) is 0 Å². The van der Waals surface area contributed by atoms with Crippen molar-refractivity contribution in [1.82, 2.24) is 15.3 Å². The maximum atomic E-state index is 9.26. The summed E-state index contributed by atoms with van der Waals surface area (Å²) in [5, 5.41) is 12.6. The Labute approximate surface area is 117 Å². The molecule has 1 fully saturated rings. The van der Waals surface area contributed by atoms with E-state index in [1.165, 1.54) is 0 Å². The van der Waals surface area contributed by atoms with E-state index in [2.05, 4.69) is 15.3 Å². The third kappa shape index (κ3) is 3.05. The third-order valence-electron chi connectivity index (χ3n) is 3.40. The van der Waals surface area contributed by atoms with Crippen molar-refractivity contribution < 1.29 is 9.84 Å². The van der Waals surface area contributed by atoms with Crippen LogP contribution in [0.4, 0.5) is 0 Å². The number of aromatic nitrogens is 2. The number of hydrogen-bond donors (Lipinski definition) is 2. The van der Waals surface area contributed by atoms with Gasteiger partial charge in [0.2, 0.25) is 0 Å². The van der Waals surface area contributed by atoms with Crippen LogP contribution in [0.2, 0.25) is 0 Å². The first-order chi connectivity index (χ1) is 9.81. The zero-order valence-electron chi connectivity index (χ0n) is 11.1. The molecule has 1 aromatic heterocycles. The van der Waals surface area contributed by atoms with Crippen LogP contribution in [0.15, 0.2) is 36.7 Å². The largest absolute Gasteiger partial charge is 0.508 e. The van der Waals surface area contributed by atoms with Crippen LogP contribution in [0.3, 0.4) is 0 Å². The Hall–Kier alpha value is -2.14. The van der Waals surface area contributed by atoms with Gasteiger partial charge in [0.15, 0.2) is 11.6 Å². The van der Waals surface area contributed by atoms with Crippen molar-refractivity contribution in [2.45, 2.75) is 6.42 Å². The fraction of sp³-hybridized carbons (Fsp3) is 0.333. The minimum atomic E-state index is 0.235. The molecule has 0 bridgehead atoms. The zero-order chi connectivity index (χ0) is 13.8. The van der Waals surface area contributed by atoms with E-state index in [-0.39, 0.29) is 5.75 Å². The second-order valence-corrected chi connectivity index (χ2v) is 4.96. The Morgan fingerprint density at radius 3 is 2.60 bits per heavy atom. The third-order valence-corrected chi connectivity index (χ3v) is 3.40. The van der Waals surface area contributed by atoms with Crippen molar-refractivity contribution >= 4 is 0 Å². The lowest BCUT2D eigenvalue weighted by molar-refractivity contribution is 0.258. The molecule has 1 aromatic carbocycles. The van der Waals surface area contributed by atoms with E-state index in [0.717, 1.165) is 25.1 Å². The summed E-state index contributed by atoms with van der Waals surface area (Å²) >= 11 is 0. The molecule has 1 aliphatic rings. The monoisotopic (exact) mass is 271 g/mol. The van der Waals surface area contributed by atoms with E-state index in [9.17, 15) is 5.11 Å². The van der Waals surface area contributed by atoms with Crippen LogP contribution in [0, 0.1) is 5.92 Å². The van der Waals surface area contributed by atoms with Crippen molar-refractivity contribution in [3.63, 3.8) is 0 Å². The molecule has 104 valence electrons. The number of phenols is 1. The van der Waals surface area contributed by atoms with Crippen LogP contribution in [0.1, 0.15) is 6.42 Å². The second-order valence-electron chi connectivity index (χ2n) is 4.96. The van der Waals surface area contributed by atoms with E-state index in [1.54, 1.807) is 36.7 Å². The van der Waals surface area contributed by atoms with Gasteiger partial charge in [0.25, 0.3) is 0 Å². The molecule has 0 amide bonds. The van der Waals surface area contributed by atoms with E-state index in [1.807, 2.05) is 0 Å². The first-order valence-corrected chi connectivity index (χ1v) is 6.76. The van der Waals surface area contributed by atoms with Crippen LogP contribution in [0.5, 0.6) is 11.5 Å². The molecule has 0 saturated carbocycles. The average Bonchev–Trinajstić information content (AvgIpc) is 3.00. The normalized spacial score (nSPS) is 18.1. The number of ether oxygens (including phenoxy) is 1. The molecule has 2 N–H and O–H groups in total. The molecular weight excluding hydrogens is 254 g/mol.